The van der Waals surface area contributed by atoms with Gasteiger partial charge in [-0.1, -0.05) is 11.8 Å². The van der Waals surface area contributed by atoms with Crippen molar-refractivity contribution in [1.82, 2.24) is 15.2 Å². The van der Waals surface area contributed by atoms with Gasteiger partial charge in [-0.15, -0.1) is 5.10 Å². The number of halogens is 2. The first kappa shape index (κ1) is 16.7. The molecule has 1 heterocycles. The molecule has 1 amide bonds. The number of aromatic nitrogens is 3. The number of H-pyrrole nitrogens is 1. The third-order valence-electron chi connectivity index (χ3n) is 3.44. The van der Waals surface area contributed by atoms with Crippen LogP contribution in [0.1, 0.15) is 31.5 Å². The van der Waals surface area contributed by atoms with Gasteiger partial charge in [-0.25, -0.2) is 4.98 Å². The highest BCUT2D eigenvalue weighted by molar-refractivity contribution is 8.00. The van der Waals surface area contributed by atoms with Crippen molar-refractivity contribution >= 4 is 23.4 Å². The Kier molecular flexibility index (Phi) is 4.98. The van der Waals surface area contributed by atoms with Gasteiger partial charge >= 0.3 is 6.61 Å². The second-order valence-corrected chi connectivity index (χ2v) is 6.74. The Balaban J connectivity index is 1.53. The summed E-state index contributed by atoms with van der Waals surface area (Å²) in [6, 6.07) is 5.75. The number of nitrogens with one attached hydrogen (secondary N) is 2. The standard InChI is InChI=1S/C15H16F2N4O2S/c1-8(24-15-19-12(20-21-15)9-2-3-9)13(22)18-10-4-6-11(7-5-10)23-14(16)17/h4-9,14H,2-3H2,1H3,(H,18,22)(H,19,20,21). The molecule has 24 heavy (non-hydrogen) atoms. The van der Waals surface area contributed by atoms with Crippen LogP contribution >= 0.6 is 11.8 Å². The molecule has 1 fully saturated rings. The molecule has 1 aliphatic rings. The average molecular weight is 354 g/mol. The molecule has 0 bridgehead atoms. The molecule has 0 saturated heterocycles. The number of amides is 1. The number of carbonyl (C=O) groups is 1. The van der Waals surface area contributed by atoms with Crippen molar-refractivity contribution in [2.75, 3.05) is 5.32 Å². The van der Waals surface area contributed by atoms with Crippen molar-refractivity contribution in [2.24, 2.45) is 0 Å². The van der Waals surface area contributed by atoms with Gasteiger partial charge in [-0.2, -0.15) is 8.78 Å². The zero-order chi connectivity index (χ0) is 17.1. The minimum Gasteiger partial charge on any atom is -0.435 e. The number of ether oxygens (including phenoxy) is 1. The van der Waals surface area contributed by atoms with Crippen LogP contribution in [0.25, 0.3) is 0 Å². The molecular formula is C15H16F2N4O2S. The number of alkyl halides is 2. The van der Waals surface area contributed by atoms with E-state index in [1.54, 1.807) is 6.92 Å². The minimum atomic E-state index is -2.87. The Morgan fingerprint density at radius 1 is 1.38 bits per heavy atom. The van der Waals surface area contributed by atoms with Crippen LogP contribution in [0, 0.1) is 0 Å². The van der Waals surface area contributed by atoms with Crippen LogP contribution in [-0.2, 0) is 4.79 Å². The molecule has 6 nitrogen and oxygen atoms in total. The second kappa shape index (κ2) is 7.16. The first-order valence-corrected chi connectivity index (χ1v) is 8.34. The van der Waals surface area contributed by atoms with E-state index >= 15 is 0 Å². The fraction of sp³-hybridized carbons (Fsp3) is 0.400. The lowest BCUT2D eigenvalue weighted by Crippen LogP contribution is -2.22. The first-order chi connectivity index (χ1) is 11.5. The highest BCUT2D eigenvalue weighted by Gasteiger charge is 2.27. The summed E-state index contributed by atoms with van der Waals surface area (Å²) in [6.45, 7) is -1.12. The van der Waals surface area contributed by atoms with Crippen molar-refractivity contribution in [1.29, 1.82) is 0 Å². The zero-order valence-electron chi connectivity index (χ0n) is 12.8. The monoisotopic (exact) mass is 354 g/mol. The lowest BCUT2D eigenvalue weighted by Gasteiger charge is -2.11. The number of thioether (sulfide) groups is 1. The van der Waals surface area contributed by atoms with E-state index in [9.17, 15) is 13.6 Å². The van der Waals surface area contributed by atoms with Gasteiger partial charge in [0.1, 0.15) is 11.6 Å². The third-order valence-corrected chi connectivity index (χ3v) is 4.41. The van der Waals surface area contributed by atoms with Crippen LogP contribution in [0.5, 0.6) is 5.75 Å². The predicted molar refractivity (Wildman–Crippen MR) is 85.4 cm³/mol. The number of carbonyl (C=O) groups excluding carboxylic acids is 1. The molecule has 0 spiro atoms. The van der Waals surface area contributed by atoms with E-state index in [4.69, 9.17) is 0 Å². The van der Waals surface area contributed by atoms with Gasteiger partial charge in [0.25, 0.3) is 0 Å². The summed E-state index contributed by atoms with van der Waals surface area (Å²) in [5.74, 6) is 1.17. The van der Waals surface area contributed by atoms with Crippen LogP contribution in [-0.4, -0.2) is 32.9 Å². The number of rotatable bonds is 7. The first-order valence-electron chi connectivity index (χ1n) is 7.46. The van der Waals surface area contributed by atoms with E-state index < -0.39 is 11.9 Å². The molecule has 2 N–H and O–H groups in total. The fourth-order valence-corrected chi connectivity index (χ4v) is 2.76. The molecule has 1 aliphatic carbocycles. The predicted octanol–water partition coefficient (Wildman–Crippen LogP) is 3.40. The van der Waals surface area contributed by atoms with Crippen LogP contribution < -0.4 is 10.1 Å². The Bertz CT molecular complexity index is 704. The molecule has 1 atom stereocenters. The van der Waals surface area contributed by atoms with Gasteiger partial charge in [-0.05, 0) is 44.0 Å². The minimum absolute atomic E-state index is 0.0405. The third kappa shape index (κ3) is 4.44. The lowest BCUT2D eigenvalue weighted by molar-refractivity contribution is -0.115. The van der Waals surface area contributed by atoms with Gasteiger partial charge in [0.2, 0.25) is 11.1 Å². The van der Waals surface area contributed by atoms with Crippen molar-refractivity contribution in [2.45, 2.75) is 42.7 Å². The highest BCUT2D eigenvalue weighted by Crippen LogP contribution is 2.38. The Hall–Kier alpha value is -2.16. The maximum Gasteiger partial charge on any atom is 0.387 e. The summed E-state index contributed by atoms with van der Waals surface area (Å²) in [5, 5.41) is 9.86. The number of nitrogens with zero attached hydrogens (tertiary/aromatic N) is 2. The molecule has 0 radical (unpaired) electrons. The molecule has 0 aliphatic heterocycles. The Morgan fingerprint density at radius 3 is 2.71 bits per heavy atom. The number of hydrogen-bond acceptors (Lipinski definition) is 5. The largest absolute Gasteiger partial charge is 0.435 e. The maximum atomic E-state index is 12.2. The molecule has 9 heteroatoms. The van der Waals surface area contributed by atoms with Crippen LogP contribution in [0.3, 0.4) is 0 Å². The molecule has 2 aromatic rings. The van der Waals surface area contributed by atoms with E-state index in [1.165, 1.54) is 36.0 Å². The summed E-state index contributed by atoms with van der Waals surface area (Å²) < 4.78 is 28.4. The van der Waals surface area contributed by atoms with E-state index in [0.717, 1.165) is 18.7 Å². The van der Waals surface area contributed by atoms with Gasteiger partial charge in [0.15, 0.2) is 0 Å². The van der Waals surface area contributed by atoms with Crippen molar-refractivity contribution < 1.29 is 18.3 Å². The second-order valence-electron chi connectivity index (χ2n) is 5.43. The topological polar surface area (TPSA) is 79.9 Å². The summed E-state index contributed by atoms with van der Waals surface area (Å²) in [5.41, 5.74) is 0.503. The molecule has 1 saturated carbocycles. The van der Waals surface area contributed by atoms with Crippen molar-refractivity contribution in [3.8, 4) is 5.75 Å². The Labute approximate surface area is 141 Å². The van der Waals surface area contributed by atoms with Crippen LogP contribution in [0.2, 0.25) is 0 Å². The van der Waals surface area contributed by atoms with Crippen molar-refractivity contribution in [3.63, 3.8) is 0 Å². The summed E-state index contributed by atoms with van der Waals surface area (Å²) >= 11 is 1.26. The van der Waals surface area contributed by atoms with E-state index in [1.807, 2.05) is 0 Å². The van der Waals surface area contributed by atoms with E-state index in [-0.39, 0.29) is 11.7 Å². The summed E-state index contributed by atoms with van der Waals surface area (Å²) in [4.78, 5) is 16.6. The summed E-state index contributed by atoms with van der Waals surface area (Å²) in [7, 11) is 0. The smallest absolute Gasteiger partial charge is 0.387 e. The number of hydrogen-bond donors (Lipinski definition) is 2. The quantitative estimate of drug-likeness (QED) is 0.745. The number of anilines is 1. The maximum absolute atomic E-state index is 12.2. The Morgan fingerprint density at radius 2 is 2.08 bits per heavy atom. The SMILES string of the molecule is CC(Sc1n[nH]c(C2CC2)n1)C(=O)Nc1ccc(OC(F)F)cc1. The van der Waals surface area contributed by atoms with Crippen molar-refractivity contribution in [3.05, 3.63) is 30.1 Å². The van der Waals surface area contributed by atoms with E-state index in [0.29, 0.717) is 16.8 Å². The molecule has 1 aromatic heterocycles. The molecule has 128 valence electrons. The van der Waals surface area contributed by atoms with Gasteiger partial charge in [0.05, 0.1) is 5.25 Å². The average Bonchev–Trinajstić information content (AvgIpc) is 3.29. The van der Waals surface area contributed by atoms with Gasteiger partial charge in [-0.3, -0.25) is 9.89 Å². The molecular weight excluding hydrogens is 338 g/mol. The van der Waals surface area contributed by atoms with Gasteiger partial charge in [0, 0.05) is 11.6 Å². The van der Waals surface area contributed by atoms with Crippen LogP contribution in [0.15, 0.2) is 29.4 Å². The normalized spacial score (nSPS) is 15.3. The molecule has 1 aromatic carbocycles. The fourth-order valence-electron chi connectivity index (χ4n) is 2.03. The summed E-state index contributed by atoms with van der Waals surface area (Å²) in [6.07, 6.45) is 2.25. The number of benzene rings is 1. The molecule has 3 rings (SSSR count). The van der Waals surface area contributed by atoms with Gasteiger partial charge < -0.3 is 10.1 Å². The number of aromatic amines is 1. The lowest BCUT2D eigenvalue weighted by atomic mass is 10.3. The van der Waals surface area contributed by atoms with E-state index in [2.05, 4.69) is 25.2 Å². The van der Waals surface area contributed by atoms with Crippen LogP contribution in [0.4, 0.5) is 14.5 Å². The zero-order valence-corrected chi connectivity index (χ0v) is 13.6. The molecule has 1 unspecified atom stereocenters. The highest BCUT2D eigenvalue weighted by atomic mass is 32.2.